The fourth-order valence-corrected chi connectivity index (χ4v) is 2.98. The third kappa shape index (κ3) is 2.04. The van der Waals surface area contributed by atoms with Gasteiger partial charge in [0.2, 0.25) is 0 Å². The van der Waals surface area contributed by atoms with Crippen LogP contribution in [-0.2, 0) is 5.41 Å². The molecule has 4 rings (SSSR count). The molecule has 5 nitrogen and oxygen atoms in total. The second-order valence-corrected chi connectivity index (χ2v) is 7.14. The van der Waals surface area contributed by atoms with Crippen LogP contribution in [0.1, 0.15) is 44.8 Å². The molecule has 24 heavy (non-hydrogen) atoms. The van der Waals surface area contributed by atoms with Crippen molar-refractivity contribution in [3.05, 3.63) is 59.9 Å². The zero-order valence-corrected chi connectivity index (χ0v) is 14.3. The zero-order chi connectivity index (χ0) is 16.9. The number of nitrogens with zero attached hydrogens (tertiary/aromatic N) is 5. The molecule has 1 aliphatic rings. The lowest BCUT2D eigenvalue weighted by atomic mass is 9.69. The molecule has 0 atom stereocenters. The Kier molecular flexibility index (Phi) is 3.04. The molecule has 1 aliphatic heterocycles. The quantitative estimate of drug-likeness (QED) is 0.690. The molecule has 3 aromatic rings. The fraction of sp³-hybridized carbons (Fsp3) is 0.316. The first-order chi connectivity index (χ1) is 11.4. The Hall–Kier alpha value is -2.69. The summed E-state index contributed by atoms with van der Waals surface area (Å²) in [6.45, 7) is 8.57. The second kappa shape index (κ2) is 4.90. The molecule has 0 fully saturated rings. The van der Waals surface area contributed by atoms with Gasteiger partial charge in [0.15, 0.2) is 0 Å². The average molecular weight is 317 g/mol. The molecule has 0 bridgehead atoms. The summed E-state index contributed by atoms with van der Waals surface area (Å²) in [6.07, 6.45) is 5.22. The highest BCUT2D eigenvalue weighted by molar-refractivity contribution is 6.12. The van der Waals surface area contributed by atoms with Crippen LogP contribution in [-0.4, -0.2) is 31.2 Å². The maximum atomic E-state index is 5.00. The largest absolute Gasteiger partial charge is 0.274 e. The highest BCUT2D eigenvalue weighted by Crippen LogP contribution is 2.41. The van der Waals surface area contributed by atoms with Gasteiger partial charge in [-0.05, 0) is 26.0 Å². The molecule has 0 radical (unpaired) electrons. The Morgan fingerprint density at radius 3 is 2.33 bits per heavy atom. The van der Waals surface area contributed by atoms with Gasteiger partial charge in [-0.3, -0.25) is 19.9 Å². The van der Waals surface area contributed by atoms with Crippen molar-refractivity contribution in [1.29, 1.82) is 0 Å². The molecular weight excluding hydrogens is 298 g/mol. The second-order valence-electron chi connectivity index (χ2n) is 7.14. The summed E-state index contributed by atoms with van der Waals surface area (Å²) in [6, 6.07) is 7.84. The Morgan fingerprint density at radius 1 is 0.833 bits per heavy atom. The predicted molar refractivity (Wildman–Crippen MR) is 94.3 cm³/mol. The Balaban J connectivity index is 1.98. The van der Waals surface area contributed by atoms with Gasteiger partial charge >= 0.3 is 0 Å². The van der Waals surface area contributed by atoms with Crippen LogP contribution in [0.15, 0.2) is 47.8 Å². The number of rotatable bonds is 1. The molecule has 0 saturated carbocycles. The minimum Gasteiger partial charge on any atom is -0.274 e. The van der Waals surface area contributed by atoms with Gasteiger partial charge in [0, 0.05) is 17.8 Å². The molecule has 0 saturated heterocycles. The summed E-state index contributed by atoms with van der Waals surface area (Å²) in [4.78, 5) is 23.4. The van der Waals surface area contributed by atoms with Crippen LogP contribution in [0.4, 0.5) is 0 Å². The highest BCUT2D eigenvalue weighted by atomic mass is 15.0. The summed E-state index contributed by atoms with van der Waals surface area (Å²) in [7, 11) is 0. The van der Waals surface area contributed by atoms with Crippen molar-refractivity contribution in [2.75, 3.05) is 0 Å². The van der Waals surface area contributed by atoms with Crippen molar-refractivity contribution < 1.29 is 0 Å². The molecule has 0 unspecified atom stereocenters. The average Bonchev–Trinajstić information content (AvgIpc) is 2.58. The van der Waals surface area contributed by atoms with Crippen LogP contribution >= 0.6 is 0 Å². The third-order valence-corrected chi connectivity index (χ3v) is 5.13. The lowest BCUT2D eigenvalue weighted by molar-refractivity contribution is 0.294. The minimum atomic E-state index is -0.321. The summed E-state index contributed by atoms with van der Waals surface area (Å²) in [5.74, 6) is 0. The van der Waals surface area contributed by atoms with Gasteiger partial charge in [-0.25, -0.2) is 4.98 Å². The van der Waals surface area contributed by atoms with E-state index in [2.05, 4.69) is 42.6 Å². The van der Waals surface area contributed by atoms with Crippen LogP contribution < -0.4 is 0 Å². The van der Waals surface area contributed by atoms with Gasteiger partial charge < -0.3 is 0 Å². The minimum absolute atomic E-state index is 0.218. The Bertz CT molecular complexity index is 972. The standard InChI is InChI=1S/C19H19N5/c1-18(2)17-16(20-9-10-21-17)15(24-19(18,3)4)14-11-22-12-7-5-6-8-13(12)23-14/h5-11H,1-4H3. The van der Waals surface area contributed by atoms with Crippen molar-refractivity contribution in [3.8, 4) is 0 Å². The molecule has 5 heteroatoms. The predicted octanol–water partition coefficient (Wildman–Crippen LogP) is 3.33. The van der Waals surface area contributed by atoms with E-state index in [-0.39, 0.29) is 11.0 Å². The lowest BCUT2D eigenvalue weighted by Gasteiger charge is -2.42. The SMILES string of the molecule is CC1(C)N=C(c2cnc3ccccc3n2)c2nccnc2C1(C)C. The first-order valence-corrected chi connectivity index (χ1v) is 8.04. The van der Waals surface area contributed by atoms with E-state index in [0.29, 0.717) is 0 Å². The van der Waals surface area contributed by atoms with Crippen molar-refractivity contribution in [2.45, 2.75) is 38.6 Å². The molecule has 120 valence electrons. The summed E-state index contributed by atoms with van der Waals surface area (Å²) in [5, 5.41) is 0. The molecule has 2 aromatic heterocycles. The number of fused-ring (bicyclic) bond motifs is 2. The number of hydrogen-bond donors (Lipinski definition) is 0. The van der Waals surface area contributed by atoms with E-state index in [1.807, 2.05) is 24.3 Å². The molecule has 0 aliphatic carbocycles. The van der Waals surface area contributed by atoms with Crippen LogP contribution in [0.3, 0.4) is 0 Å². The maximum Gasteiger partial charge on any atom is 0.113 e. The van der Waals surface area contributed by atoms with E-state index in [1.165, 1.54) is 0 Å². The Morgan fingerprint density at radius 2 is 1.54 bits per heavy atom. The highest BCUT2D eigenvalue weighted by Gasteiger charge is 2.46. The number of aromatic nitrogens is 4. The smallest absolute Gasteiger partial charge is 0.113 e. The normalized spacial score (nSPS) is 18.1. The number of benzene rings is 1. The lowest BCUT2D eigenvalue weighted by Crippen LogP contribution is -2.47. The van der Waals surface area contributed by atoms with Gasteiger partial charge in [0.05, 0.1) is 28.5 Å². The van der Waals surface area contributed by atoms with Crippen molar-refractivity contribution in [1.82, 2.24) is 19.9 Å². The third-order valence-electron chi connectivity index (χ3n) is 5.13. The van der Waals surface area contributed by atoms with Gasteiger partial charge in [-0.2, -0.15) is 0 Å². The molecule has 0 amide bonds. The van der Waals surface area contributed by atoms with Crippen LogP contribution in [0.5, 0.6) is 0 Å². The first-order valence-electron chi connectivity index (χ1n) is 8.04. The number of hydrogen-bond acceptors (Lipinski definition) is 5. The van der Waals surface area contributed by atoms with E-state index in [9.17, 15) is 0 Å². The van der Waals surface area contributed by atoms with Crippen LogP contribution in [0.2, 0.25) is 0 Å². The van der Waals surface area contributed by atoms with E-state index < -0.39 is 0 Å². The summed E-state index contributed by atoms with van der Waals surface area (Å²) < 4.78 is 0. The summed E-state index contributed by atoms with van der Waals surface area (Å²) >= 11 is 0. The number of aliphatic imine (C=N–C) groups is 1. The van der Waals surface area contributed by atoms with Gasteiger partial charge in [0.25, 0.3) is 0 Å². The molecule has 0 N–H and O–H groups in total. The fourth-order valence-electron chi connectivity index (χ4n) is 2.98. The summed E-state index contributed by atoms with van der Waals surface area (Å²) in [5.41, 5.74) is 4.44. The molecule has 3 heterocycles. The zero-order valence-electron chi connectivity index (χ0n) is 14.3. The van der Waals surface area contributed by atoms with E-state index in [1.54, 1.807) is 18.6 Å². The topological polar surface area (TPSA) is 63.9 Å². The van der Waals surface area contributed by atoms with E-state index in [0.717, 1.165) is 33.8 Å². The van der Waals surface area contributed by atoms with Crippen molar-refractivity contribution in [2.24, 2.45) is 4.99 Å². The van der Waals surface area contributed by atoms with Gasteiger partial charge in [-0.1, -0.05) is 26.0 Å². The van der Waals surface area contributed by atoms with Crippen LogP contribution in [0, 0.1) is 0 Å². The molecule has 1 aromatic carbocycles. The monoisotopic (exact) mass is 317 g/mol. The van der Waals surface area contributed by atoms with Gasteiger partial charge in [-0.15, -0.1) is 0 Å². The van der Waals surface area contributed by atoms with Crippen LogP contribution in [0.25, 0.3) is 11.0 Å². The van der Waals surface area contributed by atoms with Gasteiger partial charge in [0.1, 0.15) is 17.1 Å². The Labute approximate surface area is 140 Å². The molecule has 0 spiro atoms. The maximum absolute atomic E-state index is 5.00. The number of para-hydroxylation sites is 2. The first kappa shape index (κ1) is 14.9. The van der Waals surface area contributed by atoms with E-state index >= 15 is 0 Å². The molecular formula is C19H19N5. The van der Waals surface area contributed by atoms with E-state index in [4.69, 9.17) is 9.98 Å². The van der Waals surface area contributed by atoms with Crippen molar-refractivity contribution in [3.63, 3.8) is 0 Å². The van der Waals surface area contributed by atoms with Crippen molar-refractivity contribution >= 4 is 16.7 Å².